The molecule has 70 valence electrons. The minimum absolute atomic E-state index is 0.0729. The van der Waals surface area contributed by atoms with Gasteiger partial charge in [0.25, 0.3) is 0 Å². The average molecular weight is 180 g/mol. The summed E-state index contributed by atoms with van der Waals surface area (Å²) in [5, 5.41) is 5.38. The molecule has 0 saturated heterocycles. The quantitative estimate of drug-likeness (QED) is 0.684. The normalized spacial score (nSPS) is 9.38. The topological polar surface area (TPSA) is 66.9 Å². The molecule has 13 heavy (non-hydrogen) atoms. The number of rotatable bonds is 3. The zero-order valence-electron chi connectivity index (χ0n) is 7.66. The Bertz CT molecular complexity index is 300. The van der Waals surface area contributed by atoms with Crippen molar-refractivity contribution < 1.29 is 4.79 Å². The van der Waals surface area contributed by atoms with Gasteiger partial charge in [-0.1, -0.05) is 0 Å². The van der Waals surface area contributed by atoms with Gasteiger partial charge in [0.05, 0.1) is 6.54 Å². The summed E-state index contributed by atoms with van der Waals surface area (Å²) < 4.78 is 0. The van der Waals surface area contributed by atoms with Crippen molar-refractivity contribution in [1.29, 1.82) is 0 Å². The van der Waals surface area contributed by atoms with Crippen LogP contribution in [0.4, 0.5) is 5.82 Å². The van der Waals surface area contributed by atoms with Gasteiger partial charge in [0, 0.05) is 18.8 Å². The molecule has 1 aromatic heterocycles. The van der Waals surface area contributed by atoms with E-state index in [2.05, 4.69) is 20.6 Å². The summed E-state index contributed by atoms with van der Waals surface area (Å²) in [5.41, 5.74) is 0.870. The number of amides is 1. The lowest BCUT2D eigenvalue weighted by Crippen LogP contribution is -2.26. The van der Waals surface area contributed by atoms with Gasteiger partial charge in [-0.05, 0) is 6.92 Å². The third kappa shape index (κ3) is 3.06. The number of nitrogens with one attached hydrogen (secondary N) is 2. The number of aromatic nitrogens is 2. The first-order valence-electron chi connectivity index (χ1n) is 3.95. The largest absolute Gasteiger partial charge is 0.361 e. The predicted molar refractivity (Wildman–Crippen MR) is 49.3 cm³/mol. The van der Waals surface area contributed by atoms with Crippen LogP contribution in [0.25, 0.3) is 0 Å². The van der Waals surface area contributed by atoms with Crippen LogP contribution in [0.3, 0.4) is 0 Å². The minimum Gasteiger partial charge on any atom is -0.361 e. The third-order valence-corrected chi connectivity index (χ3v) is 1.51. The molecule has 0 unspecified atom stereocenters. The zero-order chi connectivity index (χ0) is 9.68. The highest BCUT2D eigenvalue weighted by atomic mass is 16.1. The molecule has 0 radical (unpaired) electrons. The summed E-state index contributed by atoms with van der Waals surface area (Å²) in [6.45, 7) is 2.10. The number of anilines is 1. The molecule has 0 aromatic carbocycles. The van der Waals surface area contributed by atoms with Crippen LogP contribution in [0.5, 0.6) is 0 Å². The van der Waals surface area contributed by atoms with E-state index in [0.717, 1.165) is 5.69 Å². The minimum atomic E-state index is -0.0729. The van der Waals surface area contributed by atoms with E-state index in [9.17, 15) is 4.79 Å². The van der Waals surface area contributed by atoms with E-state index in [1.54, 1.807) is 13.1 Å². The van der Waals surface area contributed by atoms with Gasteiger partial charge in [-0.3, -0.25) is 4.79 Å². The highest BCUT2D eigenvalue weighted by molar-refractivity contribution is 5.79. The van der Waals surface area contributed by atoms with Crippen LogP contribution in [0.15, 0.2) is 12.4 Å². The predicted octanol–water partition coefficient (Wildman–Crippen LogP) is -0.0571. The third-order valence-electron chi connectivity index (χ3n) is 1.51. The van der Waals surface area contributed by atoms with Crippen molar-refractivity contribution in [3.63, 3.8) is 0 Å². The molecule has 1 aromatic rings. The lowest BCUT2D eigenvalue weighted by atomic mass is 10.4. The lowest BCUT2D eigenvalue weighted by Gasteiger charge is -2.03. The number of aryl methyl sites for hydroxylation is 1. The van der Waals surface area contributed by atoms with E-state index in [0.29, 0.717) is 5.82 Å². The second kappa shape index (κ2) is 4.39. The van der Waals surface area contributed by atoms with Gasteiger partial charge < -0.3 is 10.6 Å². The summed E-state index contributed by atoms with van der Waals surface area (Å²) >= 11 is 0. The average Bonchev–Trinajstić information content (AvgIpc) is 2.14. The molecule has 1 rings (SSSR count). The van der Waals surface area contributed by atoms with Gasteiger partial charge >= 0.3 is 0 Å². The van der Waals surface area contributed by atoms with Crippen LogP contribution in [0.2, 0.25) is 0 Å². The van der Waals surface area contributed by atoms with Crippen LogP contribution in [0, 0.1) is 6.92 Å². The van der Waals surface area contributed by atoms with Crippen molar-refractivity contribution in [3.05, 3.63) is 18.1 Å². The molecule has 0 aliphatic heterocycles. The van der Waals surface area contributed by atoms with E-state index in [1.807, 2.05) is 6.92 Å². The Kier molecular flexibility index (Phi) is 3.19. The maximum atomic E-state index is 10.9. The molecule has 0 spiro atoms. The van der Waals surface area contributed by atoms with Gasteiger partial charge in [0.15, 0.2) is 0 Å². The van der Waals surface area contributed by atoms with Crippen molar-refractivity contribution in [1.82, 2.24) is 15.3 Å². The lowest BCUT2D eigenvalue weighted by molar-refractivity contribution is -0.118. The molecular weight excluding hydrogens is 168 g/mol. The number of hydrogen-bond acceptors (Lipinski definition) is 4. The molecular formula is C8H12N4O. The molecule has 0 bridgehead atoms. The molecule has 5 nitrogen and oxygen atoms in total. The fourth-order valence-electron chi connectivity index (χ4n) is 0.810. The zero-order valence-corrected chi connectivity index (χ0v) is 7.66. The summed E-state index contributed by atoms with van der Waals surface area (Å²) in [7, 11) is 1.59. The second-order valence-corrected chi connectivity index (χ2v) is 2.57. The molecule has 0 saturated carbocycles. The number of carbonyl (C=O) groups is 1. The maximum Gasteiger partial charge on any atom is 0.239 e. The molecule has 0 atom stereocenters. The fraction of sp³-hybridized carbons (Fsp3) is 0.375. The summed E-state index contributed by atoms with van der Waals surface area (Å²) in [6.07, 6.45) is 1.46. The van der Waals surface area contributed by atoms with E-state index < -0.39 is 0 Å². The Labute approximate surface area is 76.6 Å². The molecule has 0 fully saturated rings. The highest BCUT2D eigenvalue weighted by Crippen LogP contribution is 2.00. The number of carbonyl (C=O) groups excluding carboxylic acids is 1. The molecule has 5 heteroatoms. The molecule has 1 amide bonds. The van der Waals surface area contributed by atoms with Crippen LogP contribution in [-0.2, 0) is 4.79 Å². The Morgan fingerprint density at radius 2 is 2.31 bits per heavy atom. The molecule has 0 aliphatic carbocycles. The number of likely N-dealkylation sites (N-methyl/N-ethyl adjacent to an activating group) is 1. The molecule has 2 N–H and O–H groups in total. The van der Waals surface area contributed by atoms with Crippen molar-refractivity contribution in [3.8, 4) is 0 Å². The summed E-state index contributed by atoms with van der Waals surface area (Å²) in [4.78, 5) is 18.7. The van der Waals surface area contributed by atoms with Crippen molar-refractivity contribution >= 4 is 11.7 Å². The monoisotopic (exact) mass is 180 g/mol. The van der Waals surface area contributed by atoms with Crippen LogP contribution in [-0.4, -0.2) is 29.5 Å². The summed E-state index contributed by atoms with van der Waals surface area (Å²) in [6, 6.07) is 1.78. The first kappa shape index (κ1) is 9.44. The van der Waals surface area contributed by atoms with E-state index in [4.69, 9.17) is 0 Å². The van der Waals surface area contributed by atoms with E-state index in [1.165, 1.54) is 6.33 Å². The Hall–Kier alpha value is -1.65. The fourth-order valence-corrected chi connectivity index (χ4v) is 0.810. The Balaban J connectivity index is 2.50. The standard InChI is InChI=1S/C8H12N4O/c1-6-3-7(12-5-11-6)10-4-8(13)9-2/h3,5H,4H2,1-2H3,(H,9,13)(H,10,11,12). The number of hydrogen-bond donors (Lipinski definition) is 2. The highest BCUT2D eigenvalue weighted by Gasteiger charge is 1.98. The second-order valence-electron chi connectivity index (χ2n) is 2.57. The molecule has 1 heterocycles. The first-order valence-corrected chi connectivity index (χ1v) is 3.95. The van der Waals surface area contributed by atoms with Gasteiger partial charge in [0.2, 0.25) is 5.91 Å². The van der Waals surface area contributed by atoms with E-state index >= 15 is 0 Å². The van der Waals surface area contributed by atoms with Crippen molar-refractivity contribution in [2.45, 2.75) is 6.92 Å². The van der Waals surface area contributed by atoms with Crippen LogP contribution < -0.4 is 10.6 Å². The van der Waals surface area contributed by atoms with Crippen molar-refractivity contribution in [2.75, 3.05) is 18.9 Å². The van der Waals surface area contributed by atoms with Gasteiger partial charge in [0.1, 0.15) is 12.1 Å². The van der Waals surface area contributed by atoms with Gasteiger partial charge in [-0.15, -0.1) is 0 Å². The SMILES string of the molecule is CNC(=O)CNc1cc(C)ncn1. The summed E-state index contributed by atoms with van der Waals surface area (Å²) in [5.74, 6) is 0.590. The molecule has 0 aliphatic rings. The van der Waals surface area contributed by atoms with Crippen LogP contribution in [0.1, 0.15) is 5.69 Å². The smallest absolute Gasteiger partial charge is 0.239 e. The van der Waals surface area contributed by atoms with Gasteiger partial charge in [-0.25, -0.2) is 9.97 Å². The Morgan fingerprint density at radius 1 is 1.54 bits per heavy atom. The first-order chi connectivity index (χ1) is 6.22. The van der Waals surface area contributed by atoms with Gasteiger partial charge in [-0.2, -0.15) is 0 Å². The van der Waals surface area contributed by atoms with E-state index in [-0.39, 0.29) is 12.5 Å². The van der Waals surface area contributed by atoms with Crippen LogP contribution >= 0.6 is 0 Å². The Morgan fingerprint density at radius 3 is 2.92 bits per heavy atom. The maximum absolute atomic E-state index is 10.9. The van der Waals surface area contributed by atoms with Crippen molar-refractivity contribution in [2.24, 2.45) is 0 Å². The number of nitrogens with zero attached hydrogens (tertiary/aromatic N) is 2.